The number of allylic oxidation sites excluding steroid dienone is 1. The number of nitrogens with zero attached hydrogens (tertiary/aromatic N) is 3. The minimum Gasteiger partial charge on any atom is -0.442 e. The molecule has 9 nitrogen and oxygen atoms in total. The Labute approximate surface area is 297 Å². The van der Waals surface area contributed by atoms with Crippen LogP contribution < -0.4 is 10.6 Å². The average Bonchev–Trinajstić information content (AvgIpc) is 3.78. The van der Waals surface area contributed by atoms with Crippen molar-refractivity contribution in [3.63, 3.8) is 0 Å². The summed E-state index contributed by atoms with van der Waals surface area (Å²) in [6.07, 6.45) is 6.49. The van der Waals surface area contributed by atoms with Crippen molar-refractivity contribution in [2.45, 2.75) is 78.1 Å². The molecule has 0 radical (unpaired) electrons. The summed E-state index contributed by atoms with van der Waals surface area (Å²) in [6.45, 7) is 8.52. The number of carbonyl (C=O) groups excluding carboxylic acids is 3. The van der Waals surface area contributed by atoms with E-state index in [1.165, 1.54) is 11.3 Å². The van der Waals surface area contributed by atoms with Gasteiger partial charge in [0.25, 0.3) is 0 Å². The summed E-state index contributed by atoms with van der Waals surface area (Å²) in [5.41, 5.74) is 2.98. The molecule has 0 saturated carbocycles. The molecule has 0 unspecified atom stereocenters. The number of hydrogen-bond acceptors (Lipinski definition) is 8. The maximum Gasteiger partial charge on any atom is 0.408 e. The van der Waals surface area contributed by atoms with E-state index in [0.717, 1.165) is 21.8 Å². The number of nitrogens with one attached hydrogen (secondary N) is 2. The molecule has 0 bridgehead atoms. The highest BCUT2D eigenvalue weighted by Crippen LogP contribution is 2.21. The molecule has 0 spiro atoms. The lowest BCUT2D eigenvalue weighted by molar-refractivity contribution is -0.122. The Kier molecular flexibility index (Phi) is 14.5. The monoisotopic (exact) mass is 701 g/mol. The molecule has 2 aromatic carbocycles. The molecule has 0 aliphatic heterocycles. The quantitative estimate of drug-likeness (QED) is 0.109. The zero-order valence-corrected chi connectivity index (χ0v) is 30.5. The zero-order valence-electron chi connectivity index (χ0n) is 28.9. The molecule has 2 heterocycles. The van der Waals surface area contributed by atoms with E-state index in [4.69, 9.17) is 4.74 Å². The number of aromatic nitrogens is 2. The lowest BCUT2D eigenvalue weighted by Crippen LogP contribution is -2.49. The van der Waals surface area contributed by atoms with E-state index < -0.39 is 12.1 Å². The van der Waals surface area contributed by atoms with Gasteiger partial charge in [-0.15, -0.1) is 22.7 Å². The normalized spacial score (nSPS) is 13.3. The minimum atomic E-state index is -0.664. The lowest BCUT2D eigenvalue weighted by Gasteiger charge is -2.26. The fourth-order valence-corrected chi connectivity index (χ4v) is 6.67. The van der Waals surface area contributed by atoms with Gasteiger partial charge in [0.2, 0.25) is 0 Å². The zero-order chi connectivity index (χ0) is 35.2. The number of amides is 3. The second kappa shape index (κ2) is 19.0. The van der Waals surface area contributed by atoms with Crippen LogP contribution in [0, 0.1) is 11.8 Å². The fourth-order valence-electron chi connectivity index (χ4n) is 5.32. The van der Waals surface area contributed by atoms with Gasteiger partial charge in [-0.1, -0.05) is 101 Å². The Morgan fingerprint density at radius 2 is 1.57 bits per heavy atom. The van der Waals surface area contributed by atoms with Gasteiger partial charge in [0.1, 0.15) is 11.6 Å². The van der Waals surface area contributed by atoms with Crippen LogP contribution in [0.15, 0.2) is 89.8 Å². The third-order valence-corrected chi connectivity index (χ3v) is 9.88. The average molecular weight is 702 g/mol. The maximum atomic E-state index is 13.9. The molecular formula is C38H47N5O4S2. The van der Waals surface area contributed by atoms with Crippen LogP contribution in [0.2, 0.25) is 0 Å². The van der Waals surface area contributed by atoms with E-state index in [1.807, 2.05) is 97.4 Å². The molecule has 4 rings (SSSR count). The van der Waals surface area contributed by atoms with Crippen molar-refractivity contribution in [1.29, 1.82) is 0 Å². The molecule has 3 atom stereocenters. The van der Waals surface area contributed by atoms with Gasteiger partial charge in [0.05, 0.1) is 29.3 Å². The highest BCUT2D eigenvalue weighted by atomic mass is 32.1. The summed E-state index contributed by atoms with van der Waals surface area (Å²) in [5, 5.41) is 11.5. The van der Waals surface area contributed by atoms with E-state index in [1.54, 1.807) is 29.5 Å². The number of alkyl carbamates (subject to hydrolysis) is 1. The number of hydrogen-bond donors (Lipinski definition) is 2. The van der Waals surface area contributed by atoms with Gasteiger partial charge < -0.3 is 20.3 Å². The van der Waals surface area contributed by atoms with E-state index >= 15 is 0 Å². The van der Waals surface area contributed by atoms with Crippen LogP contribution in [0.4, 0.5) is 9.59 Å². The molecule has 0 saturated heterocycles. The molecule has 11 heteroatoms. The van der Waals surface area contributed by atoms with Gasteiger partial charge >= 0.3 is 12.1 Å². The van der Waals surface area contributed by atoms with Crippen LogP contribution in [0.3, 0.4) is 0 Å². The predicted molar refractivity (Wildman–Crippen MR) is 197 cm³/mol. The van der Waals surface area contributed by atoms with Crippen LogP contribution in [-0.4, -0.2) is 51.9 Å². The smallest absolute Gasteiger partial charge is 0.408 e. The topological polar surface area (TPSA) is 114 Å². The van der Waals surface area contributed by atoms with E-state index in [2.05, 4.69) is 34.4 Å². The Morgan fingerprint density at radius 1 is 0.898 bits per heavy atom. The maximum absolute atomic E-state index is 13.9. The Bertz CT molecular complexity index is 1620. The number of thiazole rings is 2. The second-order valence-electron chi connectivity index (χ2n) is 12.8. The van der Waals surface area contributed by atoms with Gasteiger partial charge in [-0.2, -0.15) is 0 Å². The summed E-state index contributed by atoms with van der Waals surface area (Å²) >= 11 is 3.02. The van der Waals surface area contributed by atoms with Gasteiger partial charge in [0, 0.05) is 36.3 Å². The van der Waals surface area contributed by atoms with Crippen molar-refractivity contribution in [3.05, 3.63) is 117 Å². The fraction of sp³-hybridized carbons (Fsp3) is 0.395. The summed E-state index contributed by atoms with van der Waals surface area (Å²) in [7, 11) is 1.72. The van der Waals surface area contributed by atoms with Crippen LogP contribution in [0.1, 0.15) is 66.9 Å². The molecular weight excluding hydrogens is 655 g/mol. The largest absolute Gasteiger partial charge is 0.442 e. The number of carbonyl (C=O) groups is 3. The molecule has 260 valence electrons. The molecule has 4 aromatic rings. The number of ether oxygens (including phenoxy) is 1. The van der Waals surface area contributed by atoms with Crippen molar-refractivity contribution in [1.82, 2.24) is 25.5 Å². The van der Waals surface area contributed by atoms with Gasteiger partial charge in [0.15, 0.2) is 5.78 Å². The molecule has 49 heavy (non-hydrogen) atoms. The molecule has 0 fully saturated rings. The van der Waals surface area contributed by atoms with Gasteiger partial charge in [-0.05, 0) is 35.8 Å². The first-order valence-corrected chi connectivity index (χ1v) is 18.4. The Balaban J connectivity index is 1.47. The summed E-state index contributed by atoms with van der Waals surface area (Å²) in [6, 6.07) is 18.6. The Hall–Kier alpha value is -4.35. The lowest BCUT2D eigenvalue weighted by atomic mass is 9.88. The highest BCUT2D eigenvalue weighted by molar-refractivity contribution is 7.09. The standard InChI is InChI=1S/C38H47N5O4S2/c1-26(2)35(42-37(45)43(5)23-32-25-49-36(40-32)27(3)4)33(44)22-30(20-28-12-8-6-9-13-28)16-17-31(21-29-14-10-7-11-15-29)41-38(46)47-24-34-39-18-19-48-34/h6-19,25-27,30-31,35H,20-24H2,1-5H3,(H,41,46)(H,42,45)/b17-16+/t30-,31-,35+/m1/s1. The molecule has 0 aliphatic rings. The van der Waals surface area contributed by atoms with Crippen molar-refractivity contribution >= 4 is 40.6 Å². The number of urea groups is 1. The molecule has 3 amide bonds. The van der Waals surface area contributed by atoms with Crippen molar-refractivity contribution in [3.8, 4) is 0 Å². The third-order valence-electron chi connectivity index (χ3n) is 7.93. The highest BCUT2D eigenvalue weighted by Gasteiger charge is 2.27. The SMILES string of the molecule is CC(C)c1nc(CN(C)C(=O)N[C@H](C(=O)C[C@H](/C=C/[C@H](Cc2ccccc2)NC(=O)OCc2nccs2)Cc2ccccc2)C(C)C)cs1. The first-order valence-electron chi connectivity index (χ1n) is 16.6. The second-order valence-corrected chi connectivity index (χ2v) is 14.7. The molecule has 2 aromatic heterocycles. The van der Waals surface area contributed by atoms with E-state index in [-0.39, 0.29) is 42.7 Å². The van der Waals surface area contributed by atoms with Crippen LogP contribution in [0.25, 0.3) is 0 Å². The first kappa shape index (κ1) is 37.5. The van der Waals surface area contributed by atoms with Gasteiger partial charge in [-0.25, -0.2) is 19.6 Å². The Morgan fingerprint density at radius 3 is 2.16 bits per heavy atom. The van der Waals surface area contributed by atoms with Crippen LogP contribution in [0.5, 0.6) is 0 Å². The van der Waals surface area contributed by atoms with E-state index in [9.17, 15) is 14.4 Å². The third kappa shape index (κ3) is 12.6. The van der Waals surface area contributed by atoms with E-state index in [0.29, 0.717) is 30.3 Å². The summed E-state index contributed by atoms with van der Waals surface area (Å²) in [4.78, 5) is 50.4. The molecule has 2 N–H and O–H groups in total. The van der Waals surface area contributed by atoms with Gasteiger partial charge in [-0.3, -0.25) is 4.79 Å². The van der Waals surface area contributed by atoms with Crippen molar-refractivity contribution < 1.29 is 19.1 Å². The number of benzene rings is 2. The number of Topliss-reactive ketones (excluding diaryl/α,β-unsaturated/α-hetero) is 1. The van der Waals surface area contributed by atoms with Crippen molar-refractivity contribution in [2.24, 2.45) is 11.8 Å². The summed E-state index contributed by atoms with van der Waals surface area (Å²) < 4.78 is 5.45. The summed E-state index contributed by atoms with van der Waals surface area (Å²) in [5.74, 6) is -0.0147. The number of rotatable bonds is 17. The minimum absolute atomic E-state index is 0.0477. The predicted octanol–water partition coefficient (Wildman–Crippen LogP) is 7.80. The molecule has 0 aliphatic carbocycles. The van der Waals surface area contributed by atoms with Crippen LogP contribution in [-0.2, 0) is 35.5 Å². The van der Waals surface area contributed by atoms with Crippen LogP contribution >= 0.6 is 22.7 Å². The van der Waals surface area contributed by atoms with Crippen molar-refractivity contribution in [2.75, 3.05) is 7.05 Å². The first-order chi connectivity index (χ1) is 23.6. The number of ketones is 1.